The fraction of sp³-hybridized carbons (Fsp3) is 0.0588. The first-order chi connectivity index (χ1) is 12.0. The number of thiazole rings is 1. The number of hydrogen-bond acceptors (Lipinski definition) is 4. The first-order valence-electron chi connectivity index (χ1n) is 7.21. The average molecular weight is 418 g/mol. The van der Waals surface area contributed by atoms with Gasteiger partial charge in [-0.3, -0.25) is 14.9 Å². The molecule has 3 aromatic rings. The molecule has 0 atom stereocenters. The van der Waals surface area contributed by atoms with Gasteiger partial charge in [0, 0.05) is 29.7 Å². The van der Waals surface area contributed by atoms with Crippen molar-refractivity contribution in [2.24, 2.45) is 12.0 Å². The predicted octanol–water partition coefficient (Wildman–Crippen LogP) is 4.05. The molecular weight excluding hydrogens is 406 g/mol. The molecule has 0 bridgehead atoms. The number of carbonyl (C=O) groups is 1. The van der Waals surface area contributed by atoms with Gasteiger partial charge in [0.2, 0.25) is 0 Å². The van der Waals surface area contributed by atoms with Crippen molar-refractivity contribution >= 4 is 55.2 Å². The maximum absolute atomic E-state index is 12.1. The number of halogens is 1. The quantitative estimate of drug-likeness (QED) is 0.366. The molecule has 0 unspecified atom stereocenters. The Balaban J connectivity index is 1.87. The van der Waals surface area contributed by atoms with Crippen LogP contribution in [0.3, 0.4) is 0 Å². The highest BCUT2D eigenvalue weighted by molar-refractivity contribution is 9.10. The molecule has 1 amide bonds. The van der Waals surface area contributed by atoms with Gasteiger partial charge in [0.05, 0.1) is 15.1 Å². The minimum absolute atomic E-state index is 0.0102. The van der Waals surface area contributed by atoms with Crippen LogP contribution in [0.4, 0.5) is 5.69 Å². The highest BCUT2D eigenvalue weighted by Crippen LogP contribution is 2.24. The highest BCUT2D eigenvalue weighted by Gasteiger charge is 2.07. The molecule has 0 saturated heterocycles. The smallest absolute Gasteiger partial charge is 0.272 e. The second kappa shape index (κ2) is 7.12. The summed E-state index contributed by atoms with van der Waals surface area (Å²) in [5.41, 5.74) is 1.69. The predicted molar refractivity (Wildman–Crippen MR) is 101 cm³/mol. The highest BCUT2D eigenvalue weighted by atomic mass is 79.9. The number of aromatic nitrogens is 1. The Morgan fingerprint density at radius 3 is 2.64 bits per heavy atom. The molecule has 1 aromatic heterocycles. The van der Waals surface area contributed by atoms with Crippen molar-refractivity contribution in [2.45, 2.75) is 0 Å². The Morgan fingerprint density at radius 1 is 1.28 bits per heavy atom. The van der Waals surface area contributed by atoms with Crippen molar-refractivity contribution in [3.8, 4) is 0 Å². The van der Waals surface area contributed by atoms with Crippen LogP contribution in [0, 0.1) is 10.1 Å². The number of benzene rings is 2. The van der Waals surface area contributed by atoms with Crippen molar-refractivity contribution in [1.29, 1.82) is 0 Å². The van der Waals surface area contributed by atoms with Crippen molar-refractivity contribution in [1.82, 2.24) is 4.57 Å². The van der Waals surface area contributed by atoms with Crippen molar-refractivity contribution < 1.29 is 9.72 Å². The average Bonchev–Trinajstić information content (AvgIpc) is 2.90. The van der Waals surface area contributed by atoms with Crippen molar-refractivity contribution in [3.05, 3.63) is 73.5 Å². The van der Waals surface area contributed by atoms with E-state index in [0.717, 1.165) is 14.7 Å². The van der Waals surface area contributed by atoms with E-state index in [-0.39, 0.29) is 5.69 Å². The van der Waals surface area contributed by atoms with Gasteiger partial charge in [-0.05, 0) is 51.8 Å². The summed E-state index contributed by atoms with van der Waals surface area (Å²) in [4.78, 5) is 27.0. The molecule has 3 rings (SSSR count). The van der Waals surface area contributed by atoms with Gasteiger partial charge < -0.3 is 4.57 Å². The summed E-state index contributed by atoms with van der Waals surface area (Å²) in [6, 6.07) is 11.8. The van der Waals surface area contributed by atoms with E-state index >= 15 is 0 Å². The largest absolute Gasteiger partial charge is 0.318 e. The number of nitro groups is 1. The van der Waals surface area contributed by atoms with Gasteiger partial charge in [-0.15, -0.1) is 0 Å². The molecule has 0 saturated carbocycles. The number of aryl methyl sites for hydroxylation is 1. The van der Waals surface area contributed by atoms with Crippen LogP contribution in [0.2, 0.25) is 0 Å². The van der Waals surface area contributed by atoms with E-state index < -0.39 is 10.8 Å². The third kappa shape index (κ3) is 3.75. The van der Waals surface area contributed by atoms with E-state index in [4.69, 9.17) is 0 Å². The lowest BCUT2D eigenvalue weighted by Crippen LogP contribution is -2.12. The third-order valence-electron chi connectivity index (χ3n) is 3.50. The number of nitrogens with zero attached hydrogens (tertiary/aromatic N) is 3. The Bertz CT molecular complexity index is 1060. The second-order valence-corrected chi connectivity index (χ2v) is 7.03. The summed E-state index contributed by atoms with van der Waals surface area (Å²) in [5.74, 6) is -0.392. The Labute approximate surface area is 155 Å². The van der Waals surface area contributed by atoms with Crippen LogP contribution in [-0.2, 0) is 11.8 Å². The van der Waals surface area contributed by atoms with Gasteiger partial charge in [-0.1, -0.05) is 17.4 Å². The molecule has 0 aliphatic heterocycles. The van der Waals surface area contributed by atoms with Crippen LogP contribution < -0.4 is 4.80 Å². The maximum atomic E-state index is 12.1. The first kappa shape index (κ1) is 17.2. The van der Waals surface area contributed by atoms with E-state index in [2.05, 4.69) is 20.9 Å². The number of nitro benzene ring substituents is 1. The van der Waals surface area contributed by atoms with Gasteiger partial charge in [0.15, 0.2) is 4.80 Å². The van der Waals surface area contributed by atoms with Crippen LogP contribution in [0.5, 0.6) is 0 Å². The van der Waals surface area contributed by atoms with E-state index in [0.29, 0.717) is 10.4 Å². The van der Waals surface area contributed by atoms with Gasteiger partial charge in [-0.2, -0.15) is 4.99 Å². The van der Waals surface area contributed by atoms with Crippen LogP contribution >= 0.6 is 27.3 Å². The van der Waals surface area contributed by atoms with Crippen molar-refractivity contribution in [2.75, 3.05) is 0 Å². The molecular formula is C17H12BrN3O3S. The van der Waals surface area contributed by atoms with E-state index in [1.807, 2.05) is 29.8 Å². The number of rotatable bonds is 3. The maximum Gasteiger partial charge on any atom is 0.272 e. The lowest BCUT2D eigenvalue weighted by Gasteiger charge is -1.97. The standard InChI is InChI=1S/C17H12BrN3O3S/c1-20-16-13(18)3-2-4-14(16)25-17(20)19-15(22)10-7-11-5-8-12(9-6-11)21(23)24/h2-10H,1H3. The Morgan fingerprint density at radius 2 is 2.00 bits per heavy atom. The minimum Gasteiger partial charge on any atom is -0.318 e. The van der Waals surface area contributed by atoms with Gasteiger partial charge in [0.25, 0.3) is 11.6 Å². The number of fused-ring (bicyclic) bond motifs is 1. The third-order valence-corrected chi connectivity index (χ3v) is 5.24. The van der Waals surface area contributed by atoms with Gasteiger partial charge >= 0.3 is 0 Å². The summed E-state index contributed by atoms with van der Waals surface area (Å²) in [7, 11) is 1.86. The molecule has 0 radical (unpaired) electrons. The van der Waals surface area contributed by atoms with E-state index in [9.17, 15) is 14.9 Å². The monoisotopic (exact) mass is 417 g/mol. The zero-order valence-corrected chi connectivity index (χ0v) is 15.5. The van der Waals surface area contributed by atoms with Crippen LogP contribution in [-0.4, -0.2) is 15.4 Å². The normalized spacial score (nSPS) is 12.2. The zero-order chi connectivity index (χ0) is 18.0. The summed E-state index contributed by atoms with van der Waals surface area (Å²) in [6.07, 6.45) is 2.93. The second-order valence-electron chi connectivity index (χ2n) is 5.16. The molecule has 6 nitrogen and oxygen atoms in total. The molecule has 0 aliphatic carbocycles. The lowest BCUT2D eigenvalue weighted by atomic mass is 10.2. The topological polar surface area (TPSA) is 77.5 Å². The Kier molecular flexibility index (Phi) is 4.91. The molecule has 8 heteroatoms. The molecule has 1 heterocycles. The first-order valence-corrected chi connectivity index (χ1v) is 8.82. The fourth-order valence-corrected chi connectivity index (χ4v) is 4.08. The number of carbonyl (C=O) groups excluding carboxylic acids is 1. The van der Waals surface area contributed by atoms with Gasteiger partial charge in [-0.25, -0.2) is 0 Å². The SMILES string of the molecule is Cn1c(=NC(=O)C=Cc2ccc([N+](=O)[O-])cc2)sc2cccc(Br)c21. The Hall–Kier alpha value is -2.58. The van der Waals surface area contributed by atoms with Crippen molar-refractivity contribution in [3.63, 3.8) is 0 Å². The molecule has 0 N–H and O–H groups in total. The molecule has 25 heavy (non-hydrogen) atoms. The summed E-state index contributed by atoms with van der Waals surface area (Å²) in [5, 5.41) is 10.6. The van der Waals surface area contributed by atoms with E-state index in [1.54, 1.807) is 18.2 Å². The summed E-state index contributed by atoms with van der Waals surface area (Å²) in [6.45, 7) is 0. The molecule has 0 aliphatic rings. The van der Waals surface area contributed by atoms with E-state index in [1.165, 1.54) is 29.5 Å². The number of para-hydroxylation sites is 1. The van der Waals surface area contributed by atoms with Crippen LogP contribution in [0.15, 0.2) is 58.0 Å². The molecule has 2 aromatic carbocycles. The zero-order valence-electron chi connectivity index (χ0n) is 13.0. The van der Waals surface area contributed by atoms with Crippen LogP contribution in [0.1, 0.15) is 5.56 Å². The minimum atomic E-state index is -0.465. The summed E-state index contributed by atoms with van der Waals surface area (Å²) >= 11 is 4.93. The molecule has 0 spiro atoms. The summed E-state index contributed by atoms with van der Waals surface area (Å²) < 4.78 is 3.84. The molecule has 126 valence electrons. The molecule has 0 fully saturated rings. The van der Waals surface area contributed by atoms with Crippen LogP contribution in [0.25, 0.3) is 16.3 Å². The number of amides is 1. The number of hydrogen-bond donors (Lipinski definition) is 0. The fourth-order valence-electron chi connectivity index (χ4n) is 2.27. The van der Waals surface area contributed by atoms with Gasteiger partial charge in [0.1, 0.15) is 0 Å². The number of non-ortho nitro benzene ring substituents is 1. The lowest BCUT2D eigenvalue weighted by molar-refractivity contribution is -0.384.